The predicted octanol–water partition coefficient (Wildman–Crippen LogP) is 24.5. The largest absolute Gasteiger partial charge is 0.459 e. The van der Waals surface area contributed by atoms with Gasteiger partial charge in [-0.1, -0.05) is 350 Å². The highest BCUT2D eigenvalue weighted by Gasteiger charge is 2.40. The second-order valence-electron chi connectivity index (χ2n) is 38.9. The molecule has 686 valence electrons. The van der Waals surface area contributed by atoms with E-state index in [-0.39, 0.29) is 75.6 Å². The van der Waals surface area contributed by atoms with E-state index in [1.54, 1.807) is 0 Å². The number of esters is 1. The normalized spacial score (nSPS) is 19.2. The van der Waals surface area contributed by atoms with Crippen molar-refractivity contribution in [2.24, 2.45) is 47.3 Å². The summed E-state index contributed by atoms with van der Waals surface area (Å²) in [4.78, 5) is 154. The van der Waals surface area contributed by atoms with Crippen LogP contribution < -0.4 is 44.5 Å². The first-order chi connectivity index (χ1) is 60.0. The molecule has 17 nitrogen and oxygen atoms in total. The van der Waals surface area contributed by atoms with E-state index >= 15 is 0 Å². The summed E-state index contributed by atoms with van der Waals surface area (Å²) < 4.78 is 10.1. The van der Waals surface area contributed by atoms with Crippen LogP contribution in [-0.2, 0) is 45.3 Å². The maximum Gasteiger partial charge on any atom is 0.306 e. The summed E-state index contributed by atoms with van der Waals surface area (Å²) in [5.41, 5.74) is -5.42. The number of fused-ring (bicyclic) bond motifs is 4. The van der Waals surface area contributed by atoms with Gasteiger partial charge in [-0.25, -0.2) is 0 Å². The van der Waals surface area contributed by atoms with Gasteiger partial charge >= 0.3 is 5.97 Å². The summed E-state index contributed by atoms with van der Waals surface area (Å²) in [5, 5.41) is -0.350. The van der Waals surface area contributed by atoms with Crippen molar-refractivity contribution in [1.82, 2.24) is 23.2 Å². The van der Waals surface area contributed by atoms with Crippen LogP contribution in [0.1, 0.15) is 433 Å². The molecule has 0 radical (unpaired) electrons. The molecule has 5 heterocycles. The van der Waals surface area contributed by atoms with Gasteiger partial charge in [-0.15, -0.1) is 0 Å². The number of aromatic nitrogens is 4. The highest BCUT2D eigenvalue weighted by atomic mass is 16.5. The first-order valence-electron chi connectivity index (χ1n) is 51.5. The third-order valence-electron chi connectivity index (χ3n) is 29.8. The minimum absolute atomic E-state index is 0.0202. The Kier molecular flexibility index (Phi) is 44.9. The smallest absolute Gasteiger partial charge is 0.306 e. The maximum absolute atomic E-state index is 14.6. The van der Waals surface area contributed by atoms with Gasteiger partial charge in [-0.3, -0.25) is 75.9 Å². The van der Waals surface area contributed by atoms with Crippen molar-refractivity contribution in [2.45, 2.75) is 465 Å². The van der Waals surface area contributed by atoms with Gasteiger partial charge in [0.1, 0.15) is 6.10 Å². The first kappa shape index (κ1) is 100. The number of ether oxygens (including phenoxy) is 1. The zero-order valence-electron chi connectivity index (χ0n) is 78.0. The van der Waals surface area contributed by atoms with E-state index in [9.17, 15) is 52.7 Å². The van der Waals surface area contributed by atoms with E-state index in [1.807, 2.05) is 0 Å². The topological polar surface area (TPSA) is 220 Å². The molecule has 17 heteroatoms. The average Bonchev–Trinajstić information content (AvgIpc) is 1.59. The third kappa shape index (κ3) is 29.7. The Morgan fingerprint density at radius 3 is 0.748 bits per heavy atom. The van der Waals surface area contributed by atoms with Crippen molar-refractivity contribution in [2.75, 3.05) is 6.54 Å². The van der Waals surface area contributed by atoms with E-state index in [0.717, 1.165) is 99.9 Å². The van der Waals surface area contributed by atoms with Crippen LogP contribution >= 0.6 is 0 Å². The van der Waals surface area contributed by atoms with Gasteiger partial charge < -0.3 is 4.74 Å². The second kappa shape index (κ2) is 55.2. The molecule has 2 aromatic carbocycles. The summed E-state index contributed by atoms with van der Waals surface area (Å²) in [6.07, 6.45) is 75.1. The monoisotopic (exact) mass is 1700 g/mol. The summed E-state index contributed by atoms with van der Waals surface area (Å²) in [6.45, 7) is 13.2. The molecular formula is C106H165N5O12. The van der Waals surface area contributed by atoms with Gasteiger partial charge in [0, 0.05) is 38.2 Å². The fourth-order valence-corrected chi connectivity index (χ4v) is 22.6. The van der Waals surface area contributed by atoms with E-state index in [2.05, 4.69) is 41.5 Å². The summed E-state index contributed by atoms with van der Waals surface area (Å²) in [6, 6.07) is 5.20. The Labute approximate surface area is 737 Å². The van der Waals surface area contributed by atoms with Gasteiger partial charge in [-0.05, 0) is 149 Å². The lowest BCUT2D eigenvalue weighted by atomic mass is 9.61. The first-order valence-corrected chi connectivity index (χ1v) is 51.5. The van der Waals surface area contributed by atoms with Crippen LogP contribution in [0.2, 0.25) is 0 Å². The summed E-state index contributed by atoms with van der Waals surface area (Å²) >= 11 is 0. The molecule has 2 aliphatic carbocycles. The zero-order chi connectivity index (χ0) is 87.7. The molecule has 2 fully saturated rings. The molecule has 2 saturated carbocycles. The molecule has 1 aliphatic heterocycles. The lowest BCUT2D eigenvalue weighted by Crippen LogP contribution is -2.39. The number of hydrogen-bond acceptors (Lipinski definition) is 12. The van der Waals surface area contributed by atoms with Crippen LogP contribution in [0.3, 0.4) is 0 Å². The fourth-order valence-electron chi connectivity index (χ4n) is 22.6. The van der Waals surface area contributed by atoms with Gasteiger partial charge in [0.15, 0.2) is 0 Å². The van der Waals surface area contributed by atoms with Gasteiger partial charge in [0.2, 0.25) is 0 Å². The van der Waals surface area contributed by atoms with Crippen LogP contribution in [0.25, 0.3) is 43.1 Å². The highest BCUT2D eigenvalue weighted by molar-refractivity contribution is 6.12. The Morgan fingerprint density at radius 1 is 0.268 bits per heavy atom. The number of benzene rings is 2. The standard InChI is InChI=1S/C106H165N5O12/c1-7-13-19-25-29-38-49-61-86-82(67-65-80(56-44-24-18-12-6)84(86)59-47-36-27-21-15-9-3)58-46-35-30-32-40-52-71-108-99(115)88-73-92-93(74-89(88)100(108)116)104(120)110(103(92)119)77-83(123-98(114)63-51-42-54-70-107-96(112)68-69-97(107)113)78-111-105(121)94-75-90-91(76-95(94)106(111)122)102(118)109(101(90)117)72-53-41-33-31-39-50-62-87-81(57-45-34-26-20-14-8-2)66-64-79(55-43-23-17-11-5)85(87)60-48-37-28-22-16-10-4/h68-69,73-76,79-87H,7-67,70-72,77-78H2,1-6H3. The molecule has 0 spiro atoms. The minimum Gasteiger partial charge on any atom is -0.459 e. The molecule has 2 amide bonds. The Balaban J connectivity index is 0.822. The maximum atomic E-state index is 14.6. The van der Waals surface area contributed by atoms with E-state index in [4.69, 9.17) is 4.74 Å². The highest BCUT2D eigenvalue weighted by Crippen LogP contribution is 2.50. The summed E-state index contributed by atoms with van der Waals surface area (Å²) in [5.74, 6) is 5.17. The average molecular weight is 1700 g/mol. The molecule has 3 aliphatic rings. The van der Waals surface area contributed by atoms with E-state index < -0.39 is 81.5 Å². The molecule has 0 saturated heterocycles. The number of amides is 2. The van der Waals surface area contributed by atoms with Gasteiger partial charge in [-0.2, -0.15) is 0 Å². The van der Waals surface area contributed by atoms with Crippen LogP contribution in [0.15, 0.2) is 74.8 Å². The number of nitrogens with zero attached hydrogens (tertiary/aromatic N) is 5. The number of carbonyl (C=O) groups is 3. The molecule has 9 atom stereocenters. The Bertz CT molecular complexity index is 4440. The van der Waals surface area contributed by atoms with Crippen LogP contribution in [0, 0.1) is 47.3 Å². The van der Waals surface area contributed by atoms with Crippen molar-refractivity contribution >= 4 is 60.9 Å². The third-order valence-corrected chi connectivity index (χ3v) is 29.8. The van der Waals surface area contributed by atoms with Crippen molar-refractivity contribution in [3.05, 3.63) is 119 Å². The number of hydrogen-bond donors (Lipinski definition) is 0. The molecule has 123 heavy (non-hydrogen) atoms. The Morgan fingerprint density at radius 2 is 0.480 bits per heavy atom. The number of imide groups is 1. The molecular weight excluding hydrogens is 1540 g/mol. The number of rotatable bonds is 68. The minimum atomic E-state index is -1.48. The van der Waals surface area contributed by atoms with Gasteiger partial charge in [0.25, 0.3) is 56.3 Å². The second-order valence-corrected chi connectivity index (χ2v) is 38.9. The van der Waals surface area contributed by atoms with Crippen molar-refractivity contribution in [1.29, 1.82) is 0 Å². The fraction of sp³-hybridized carbons (Fsp3) is 0.764. The van der Waals surface area contributed by atoms with Crippen molar-refractivity contribution < 1.29 is 19.1 Å². The molecule has 9 rings (SSSR count). The summed E-state index contributed by atoms with van der Waals surface area (Å²) in [7, 11) is 0. The molecule has 4 aromatic heterocycles. The van der Waals surface area contributed by atoms with Crippen LogP contribution in [0.4, 0.5) is 0 Å². The predicted molar refractivity (Wildman–Crippen MR) is 509 cm³/mol. The van der Waals surface area contributed by atoms with Crippen molar-refractivity contribution in [3.63, 3.8) is 0 Å². The number of carbonyl (C=O) groups excluding carboxylic acids is 3. The SMILES string of the molecule is CCCCCCCCCC1C(CCCCCCCCn2c(=O)c3cc4c(=O)n(CC(Cn5c(=O)c6cc7c(=O)n(CCCCCCCCC8C(CCCCCCCC)CCC(CCCCCC)C8CCCCCCCC)c(=O)c7cc6c5=O)OC(=O)CCCCCN5C(=O)C=CC5=O)c(=O)c4cc3c2=O)CCC(CCCCCC)C1CCCCCCCC. The molecule has 6 aromatic rings. The molecule has 9 unspecified atom stereocenters. The lowest BCUT2D eigenvalue weighted by Gasteiger charge is -2.44. The zero-order valence-corrected chi connectivity index (χ0v) is 78.0. The lowest BCUT2D eigenvalue weighted by molar-refractivity contribution is -0.150. The van der Waals surface area contributed by atoms with Crippen LogP contribution in [-0.4, -0.2) is 53.6 Å². The van der Waals surface area contributed by atoms with Gasteiger partial charge in [0.05, 0.1) is 56.2 Å². The number of unbranched alkanes of at least 4 members (excludes halogenated alkanes) is 39. The van der Waals surface area contributed by atoms with Crippen molar-refractivity contribution in [3.8, 4) is 0 Å². The molecule has 0 bridgehead atoms. The van der Waals surface area contributed by atoms with Crippen LogP contribution in [0.5, 0.6) is 0 Å². The molecule has 0 N–H and O–H groups in total. The quantitative estimate of drug-likeness (QED) is 0.0198. The van der Waals surface area contributed by atoms with E-state index in [1.165, 1.54) is 360 Å². The van der Waals surface area contributed by atoms with E-state index in [0.29, 0.717) is 25.7 Å². The Hall–Kier alpha value is -6.65.